The summed E-state index contributed by atoms with van der Waals surface area (Å²) in [5, 5.41) is 3.21. The number of hydrogen-bond donors (Lipinski definition) is 2. The molecule has 3 saturated carbocycles. The standard InChI is InChI=1S/C12H20N2O/c13-7-12(5-2-6-12)14-11(15)10-8-3-1-4-9(8)10/h8-10H,1-7,13H2,(H,14,15). The first-order valence-corrected chi connectivity index (χ1v) is 6.28. The zero-order valence-corrected chi connectivity index (χ0v) is 9.17. The van der Waals surface area contributed by atoms with E-state index in [-0.39, 0.29) is 5.54 Å². The summed E-state index contributed by atoms with van der Waals surface area (Å²) in [6, 6.07) is 0. The van der Waals surface area contributed by atoms with E-state index < -0.39 is 0 Å². The molecule has 3 aliphatic carbocycles. The molecule has 0 spiro atoms. The molecule has 0 aromatic rings. The van der Waals surface area contributed by atoms with Gasteiger partial charge in [0.1, 0.15) is 0 Å². The van der Waals surface area contributed by atoms with Crippen molar-refractivity contribution in [3.63, 3.8) is 0 Å². The second-order valence-electron chi connectivity index (χ2n) is 5.61. The normalized spacial score (nSPS) is 40.5. The molecule has 3 N–H and O–H groups in total. The maximum absolute atomic E-state index is 12.0. The lowest BCUT2D eigenvalue weighted by Crippen LogP contribution is -2.58. The second-order valence-corrected chi connectivity index (χ2v) is 5.61. The maximum atomic E-state index is 12.0. The minimum atomic E-state index is -0.0199. The Hall–Kier alpha value is -0.570. The number of amides is 1. The van der Waals surface area contributed by atoms with Crippen LogP contribution in [0.25, 0.3) is 0 Å². The molecular weight excluding hydrogens is 188 g/mol. The van der Waals surface area contributed by atoms with Crippen molar-refractivity contribution in [3.8, 4) is 0 Å². The van der Waals surface area contributed by atoms with Crippen molar-refractivity contribution in [1.82, 2.24) is 5.32 Å². The van der Waals surface area contributed by atoms with Gasteiger partial charge in [0.05, 0.1) is 5.54 Å². The van der Waals surface area contributed by atoms with E-state index in [2.05, 4.69) is 5.32 Å². The average molecular weight is 208 g/mol. The van der Waals surface area contributed by atoms with E-state index >= 15 is 0 Å². The molecule has 2 atom stereocenters. The molecule has 3 rings (SSSR count). The van der Waals surface area contributed by atoms with Gasteiger partial charge in [0.15, 0.2) is 0 Å². The van der Waals surface area contributed by atoms with Gasteiger partial charge in [-0.1, -0.05) is 6.42 Å². The van der Waals surface area contributed by atoms with E-state index in [9.17, 15) is 4.79 Å². The summed E-state index contributed by atoms with van der Waals surface area (Å²) in [6.45, 7) is 0.612. The third-order valence-corrected chi connectivity index (χ3v) is 4.80. The van der Waals surface area contributed by atoms with E-state index in [0.29, 0.717) is 18.4 Å². The van der Waals surface area contributed by atoms with Crippen molar-refractivity contribution >= 4 is 5.91 Å². The second kappa shape index (κ2) is 3.21. The molecule has 0 radical (unpaired) electrons. The van der Waals surface area contributed by atoms with E-state index in [1.54, 1.807) is 0 Å². The van der Waals surface area contributed by atoms with Crippen LogP contribution in [0.3, 0.4) is 0 Å². The minimum Gasteiger partial charge on any atom is -0.349 e. The van der Waals surface area contributed by atoms with Gasteiger partial charge in [0, 0.05) is 12.5 Å². The van der Waals surface area contributed by atoms with Gasteiger partial charge >= 0.3 is 0 Å². The topological polar surface area (TPSA) is 55.1 Å². The van der Waals surface area contributed by atoms with Crippen LogP contribution in [-0.4, -0.2) is 18.0 Å². The fourth-order valence-corrected chi connectivity index (χ4v) is 3.54. The quantitative estimate of drug-likeness (QED) is 0.728. The number of rotatable bonds is 3. The summed E-state index contributed by atoms with van der Waals surface area (Å²) >= 11 is 0. The third-order valence-electron chi connectivity index (χ3n) is 4.80. The van der Waals surface area contributed by atoms with Gasteiger partial charge in [-0.15, -0.1) is 0 Å². The van der Waals surface area contributed by atoms with E-state index in [0.717, 1.165) is 24.7 Å². The molecule has 0 saturated heterocycles. The van der Waals surface area contributed by atoms with Crippen LogP contribution < -0.4 is 11.1 Å². The SMILES string of the molecule is NCC1(NC(=O)C2C3CCCC32)CCC1. The summed E-state index contributed by atoms with van der Waals surface area (Å²) in [5.74, 6) is 2.09. The molecule has 15 heavy (non-hydrogen) atoms. The summed E-state index contributed by atoms with van der Waals surface area (Å²) < 4.78 is 0. The lowest BCUT2D eigenvalue weighted by Gasteiger charge is -2.41. The summed E-state index contributed by atoms with van der Waals surface area (Å²) in [4.78, 5) is 12.0. The Morgan fingerprint density at radius 2 is 1.93 bits per heavy atom. The molecule has 0 heterocycles. The molecule has 0 aliphatic heterocycles. The van der Waals surface area contributed by atoms with Crippen LogP contribution in [-0.2, 0) is 4.79 Å². The molecule has 3 aliphatic rings. The fourth-order valence-electron chi connectivity index (χ4n) is 3.54. The van der Waals surface area contributed by atoms with Gasteiger partial charge in [-0.3, -0.25) is 4.79 Å². The van der Waals surface area contributed by atoms with Crippen LogP contribution in [0, 0.1) is 17.8 Å². The molecule has 2 unspecified atom stereocenters. The van der Waals surface area contributed by atoms with Crippen LogP contribution in [0.1, 0.15) is 38.5 Å². The van der Waals surface area contributed by atoms with Crippen molar-refractivity contribution in [2.24, 2.45) is 23.5 Å². The zero-order valence-electron chi connectivity index (χ0n) is 9.17. The molecule has 0 bridgehead atoms. The highest BCUT2D eigenvalue weighted by atomic mass is 16.2. The van der Waals surface area contributed by atoms with Crippen molar-refractivity contribution in [1.29, 1.82) is 0 Å². The highest BCUT2D eigenvalue weighted by molar-refractivity contribution is 5.83. The van der Waals surface area contributed by atoms with Crippen LogP contribution in [0.15, 0.2) is 0 Å². The van der Waals surface area contributed by atoms with E-state index in [4.69, 9.17) is 5.73 Å². The molecule has 3 heteroatoms. The van der Waals surface area contributed by atoms with Gasteiger partial charge in [0.25, 0.3) is 0 Å². The molecule has 0 aromatic heterocycles. The molecule has 84 valence electrons. The number of nitrogens with one attached hydrogen (secondary N) is 1. The number of nitrogens with two attached hydrogens (primary N) is 1. The van der Waals surface area contributed by atoms with Gasteiger partial charge in [-0.25, -0.2) is 0 Å². The van der Waals surface area contributed by atoms with Crippen molar-refractivity contribution < 1.29 is 4.79 Å². The third kappa shape index (κ3) is 1.40. The average Bonchev–Trinajstić information content (AvgIpc) is 2.67. The summed E-state index contributed by atoms with van der Waals surface area (Å²) in [5.41, 5.74) is 5.72. The van der Waals surface area contributed by atoms with Crippen molar-refractivity contribution in [2.75, 3.05) is 6.54 Å². The predicted octanol–water partition coefficient (Wildman–Crippen LogP) is 1.03. The largest absolute Gasteiger partial charge is 0.349 e. The van der Waals surface area contributed by atoms with E-state index in [1.165, 1.54) is 25.7 Å². The minimum absolute atomic E-state index is 0.0199. The molecule has 3 nitrogen and oxygen atoms in total. The highest BCUT2D eigenvalue weighted by Crippen LogP contribution is 2.57. The van der Waals surface area contributed by atoms with Gasteiger partial charge in [0.2, 0.25) is 5.91 Å². The van der Waals surface area contributed by atoms with Gasteiger partial charge in [-0.05, 0) is 43.9 Å². The number of carbonyl (C=O) groups is 1. The van der Waals surface area contributed by atoms with Crippen LogP contribution in [0.4, 0.5) is 0 Å². The lowest BCUT2D eigenvalue weighted by atomic mass is 9.76. The Labute approximate surface area is 90.8 Å². The zero-order chi connectivity index (χ0) is 10.5. The number of hydrogen-bond acceptors (Lipinski definition) is 2. The van der Waals surface area contributed by atoms with E-state index in [1.807, 2.05) is 0 Å². The van der Waals surface area contributed by atoms with Crippen molar-refractivity contribution in [3.05, 3.63) is 0 Å². The predicted molar refractivity (Wildman–Crippen MR) is 58.1 cm³/mol. The Bertz CT molecular complexity index is 270. The highest BCUT2D eigenvalue weighted by Gasteiger charge is 2.57. The molecule has 0 aromatic carbocycles. The Balaban J connectivity index is 1.57. The van der Waals surface area contributed by atoms with Crippen molar-refractivity contribution in [2.45, 2.75) is 44.1 Å². The maximum Gasteiger partial charge on any atom is 0.224 e. The summed E-state index contributed by atoms with van der Waals surface area (Å²) in [7, 11) is 0. The first-order chi connectivity index (χ1) is 7.26. The lowest BCUT2D eigenvalue weighted by molar-refractivity contribution is -0.126. The Kier molecular flexibility index (Phi) is 2.06. The summed E-state index contributed by atoms with van der Waals surface area (Å²) in [6.07, 6.45) is 7.27. The fraction of sp³-hybridized carbons (Fsp3) is 0.917. The molecule has 1 amide bonds. The monoisotopic (exact) mass is 208 g/mol. The molecule has 3 fully saturated rings. The Morgan fingerprint density at radius 1 is 1.27 bits per heavy atom. The Morgan fingerprint density at radius 3 is 2.40 bits per heavy atom. The molecular formula is C12H20N2O. The first-order valence-electron chi connectivity index (χ1n) is 6.28. The van der Waals surface area contributed by atoms with Crippen LogP contribution in [0.2, 0.25) is 0 Å². The number of carbonyl (C=O) groups excluding carboxylic acids is 1. The van der Waals surface area contributed by atoms with Crippen LogP contribution in [0.5, 0.6) is 0 Å². The smallest absolute Gasteiger partial charge is 0.224 e. The van der Waals surface area contributed by atoms with Gasteiger partial charge in [-0.2, -0.15) is 0 Å². The van der Waals surface area contributed by atoms with Crippen LogP contribution >= 0.6 is 0 Å². The van der Waals surface area contributed by atoms with Gasteiger partial charge < -0.3 is 11.1 Å². The first kappa shape index (κ1) is 9.64. The number of fused-ring (bicyclic) bond motifs is 1.